The van der Waals surface area contributed by atoms with Crippen molar-refractivity contribution in [1.82, 2.24) is 10.3 Å². The molecule has 0 radical (unpaired) electrons. The number of fused-ring (bicyclic) bond motifs is 1. The van der Waals surface area contributed by atoms with Gasteiger partial charge in [0.05, 0.1) is 11.1 Å². The number of amides is 1. The molecule has 2 aromatic rings. The van der Waals surface area contributed by atoms with Gasteiger partial charge < -0.3 is 10.1 Å². The average Bonchev–Trinajstić information content (AvgIpc) is 2.46. The molecule has 0 saturated carbocycles. The van der Waals surface area contributed by atoms with Crippen LogP contribution in [-0.4, -0.2) is 30.6 Å². The molecular weight excluding hydrogens is 276 g/mol. The number of rotatable bonds is 6. The van der Waals surface area contributed by atoms with Gasteiger partial charge in [-0.2, -0.15) is 0 Å². The van der Waals surface area contributed by atoms with E-state index in [1.165, 1.54) is 0 Å². The lowest BCUT2D eigenvalue weighted by molar-refractivity contribution is 0.0946. The Balaban J connectivity index is 2.09. The van der Waals surface area contributed by atoms with E-state index in [9.17, 15) is 4.79 Å². The second kappa shape index (κ2) is 7.22. The molecule has 0 unspecified atom stereocenters. The minimum atomic E-state index is -0.137. The first-order valence-electron chi connectivity index (χ1n) is 6.63. The van der Waals surface area contributed by atoms with E-state index in [-0.39, 0.29) is 5.91 Å². The van der Waals surface area contributed by atoms with E-state index in [2.05, 4.69) is 10.3 Å². The van der Waals surface area contributed by atoms with E-state index in [0.717, 1.165) is 17.3 Å². The van der Waals surface area contributed by atoms with E-state index >= 15 is 0 Å². The Morgan fingerprint density at radius 2 is 2.20 bits per heavy atom. The number of nitrogens with one attached hydrogen (secondary N) is 1. The third kappa shape index (κ3) is 3.68. The smallest absolute Gasteiger partial charge is 0.252 e. The van der Waals surface area contributed by atoms with Crippen molar-refractivity contribution in [2.75, 3.05) is 19.8 Å². The highest BCUT2D eigenvalue weighted by Gasteiger charge is 2.11. The van der Waals surface area contributed by atoms with E-state index in [1.54, 1.807) is 6.07 Å². The van der Waals surface area contributed by atoms with E-state index in [1.807, 2.05) is 31.2 Å². The van der Waals surface area contributed by atoms with Crippen LogP contribution in [0.5, 0.6) is 0 Å². The van der Waals surface area contributed by atoms with Crippen LogP contribution < -0.4 is 5.32 Å². The summed E-state index contributed by atoms with van der Waals surface area (Å²) in [7, 11) is 0. The van der Waals surface area contributed by atoms with Crippen molar-refractivity contribution in [1.29, 1.82) is 0 Å². The van der Waals surface area contributed by atoms with Gasteiger partial charge in [-0.3, -0.25) is 4.79 Å². The van der Waals surface area contributed by atoms with Crippen LogP contribution in [0.2, 0.25) is 5.15 Å². The monoisotopic (exact) mass is 292 g/mol. The van der Waals surface area contributed by atoms with Crippen LogP contribution in [0.25, 0.3) is 10.9 Å². The number of nitrogens with zero attached hydrogens (tertiary/aromatic N) is 1. The highest BCUT2D eigenvalue weighted by Crippen LogP contribution is 2.20. The van der Waals surface area contributed by atoms with E-state index < -0.39 is 0 Å². The first-order chi connectivity index (χ1) is 9.72. The zero-order chi connectivity index (χ0) is 14.4. The van der Waals surface area contributed by atoms with Crippen molar-refractivity contribution in [3.63, 3.8) is 0 Å². The molecule has 2 rings (SSSR count). The van der Waals surface area contributed by atoms with Crippen molar-refractivity contribution in [3.8, 4) is 0 Å². The summed E-state index contributed by atoms with van der Waals surface area (Å²) in [6.07, 6.45) is 0.788. The topological polar surface area (TPSA) is 51.2 Å². The van der Waals surface area contributed by atoms with Crippen LogP contribution in [0.1, 0.15) is 23.7 Å². The number of pyridine rings is 1. The number of carbonyl (C=O) groups excluding carboxylic acids is 1. The van der Waals surface area contributed by atoms with Gasteiger partial charge >= 0.3 is 0 Å². The Morgan fingerprint density at radius 1 is 1.40 bits per heavy atom. The minimum Gasteiger partial charge on any atom is -0.382 e. The molecule has 1 aromatic carbocycles. The standard InChI is InChI=1S/C15H17ClN2O2/c1-2-20-9-5-8-17-15(19)12-10-14(16)18-13-7-4-3-6-11(12)13/h3-4,6-7,10H,2,5,8-9H2,1H3,(H,17,19). The average molecular weight is 293 g/mol. The molecule has 0 spiro atoms. The van der Waals surface area contributed by atoms with Gasteiger partial charge in [0.25, 0.3) is 5.91 Å². The van der Waals surface area contributed by atoms with Crippen molar-refractivity contribution in [3.05, 3.63) is 41.0 Å². The van der Waals surface area contributed by atoms with E-state index in [0.29, 0.717) is 30.5 Å². The van der Waals surface area contributed by atoms with Crippen LogP contribution in [0.4, 0.5) is 0 Å². The predicted molar refractivity (Wildman–Crippen MR) is 80.2 cm³/mol. The third-order valence-corrected chi connectivity index (χ3v) is 3.08. The maximum Gasteiger partial charge on any atom is 0.252 e. The van der Waals surface area contributed by atoms with Gasteiger partial charge in [0, 0.05) is 25.1 Å². The summed E-state index contributed by atoms with van der Waals surface area (Å²) in [4.78, 5) is 16.4. The molecule has 1 heterocycles. The van der Waals surface area contributed by atoms with Gasteiger partial charge in [0.15, 0.2) is 0 Å². The summed E-state index contributed by atoms with van der Waals surface area (Å²) in [5.41, 5.74) is 1.27. The quantitative estimate of drug-likeness (QED) is 0.658. The van der Waals surface area contributed by atoms with Gasteiger partial charge in [-0.25, -0.2) is 4.98 Å². The number of halogens is 1. The zero-order valence-corrected chi connectivity index (χ0v) is 12.1. The molecular formula is C15H17ClN2O2. The van der Waals surface area contributed by atoms with Gasteiger partial charge in [-0.05, 0) is 25.5 Å². The van der Waals surface area contributed by atoms with Crippen molar-refractivity contribution in [2.24, 2.45) is 0 Å². The zero-order valence-electron chi connectivity index (χ0n) is 11.4. The molecule has 1 amide bonds. The Hall–Kier alpha value is -1.65. The number of aromatic nitrogens is 1. The van der Waals surface area contributed by atoms with Gasteiger partial charge in [-0.15, -0.1) is 0 Å². The summed E-state index contributed by atoms with van der Waals surface area (Å²) in [5.74, 6) is -0.137. The van der Waals surface area contributed by atoms with Crippen LogP contribution in [0, 0.1) is 0 Å². The number of para-hydroxylation sites is 1. The lowest BCUT2D eigenvalue weighted by atomic mass is 10.1. The second-order valence-corrected chi connectivity index (χ2v) is 4.70. The number of hydrogen-bond acceptors (Lipinski definition) is 3. The molecule has 0 bridgehead atoms. The molecule has 1 N–H and O–H groups in total. The molecule has 106 valence electrons. The summed E-state index contributed by atoms with van der Waals surface area (Å²) in [6, 6.07) is 9.06. The number of hydrogen-bond donors (Lipinski definition) is 1. The molecule has 4 nitrogen and oxygen atoms in total. The van der Waals surface area contributed by atoms with Crippen molar-refractivity contribution >= 4 is 28.4 Å². The Kier molecular flexibility index (Phi) is 5.32. The summed E-state index contributed by atoms with van der Waals surface area (Å²) < 4.78 is 5.23. The van der Waals surface area contributed by atoms with Crippen LogP contribution in [-0.2, 0) is 4.74 Å². The normalized spacial score (nSPS) is 10.7. The SMILES string of the molecule is CCOCCCNC(=O)c1cc(Cl)nc2ccccc12. The van der Waals surface area contributed by atoms with Gasteiger partial charge in [0.2, 0.25) is 0 Å². The first-order valence-corrected chi connectivity index (χ1v) is 7.01. The van der Waals surface area contributed by atoms with Gasteiger partial charge in [0.1, 0.15) is 5.15 Å². The fourth-order valence-electron chi connectivity index (χ4n) is 1.95. The minimum absolute atomic E-state index is 0.137. The van der Waals surface area contributed by atoms with Crippen LogP contribution >= 0.6 is 11.6 Å². The third-order valence-electron chi connectivity index (χ3n) is 2.88. The second-order valence-electron chi connectivity index (χ2n) is 4.32. The largest absolute Gasteiger partial charge is 0.382 e. The van der Waals surface area contributed by atoms with Crippen molar-refractivity contribution in [2.45, 2.75) is 13.3 Å². The number of ether oxygens (including phenoxy) is 1. The summed E-state index contributed by atoms with van der Waals surface area (Å²) in [5, 5.41) is 4.00. The maximum absolute atomic E-state index is 12.2. The molecule has 1 aromatic heterocycles. The summed E-state index contributed by atoms with van der Waals surface area (Å²) in [6.45, 7) is 3.87. The Bertz CT molecular complexity index is 601. The number of benzene rings is 1. The molecule has 0 atom stereocenters. The molecule has 0 fully saturated rings. The maximum atomic E-state index is 12.2. The summed E-state index contributed by atoms with van der Waals surface area (Å²) >= 11 is 5.96. The van der Waals surface area contributed by atoms with Crippen LogP contribution in [0.3, 0.4) is 0 Å². The lowest BCUT2D eigenvalue weighted by Gasteiger charge is -2.08. The van der Waals surface area contributed by atoms with Crippen LogP contribution in [0.15, 0.2) is 30.3 Å². The first kappa shape index (κ1) is 14.8. The molecule has 0 aliphatic heterocycles. The Morgan fingerprint density at radius 3 is 3.00 bits per heavy atom. The van der Waals surface area contributed by atoms with Gasteiger partial charge in [-0.1, -0.05) is 29.8 Å². The molecule has 0 saturated heterocycles. The molecule has 0 aliphatic carbocycles. The Labute approximate surface area is 123 Å². The fourth-order valence-corrected chi connectivity index (χ4v) is 2.15. The predicted octanol–water partition coefficient (Wildman–Crippen LogP) is 3.04. The number of carbonyl (C=O) groups is 1. The highest BCUT2D eigenvalue weighted by molar-refractivity contribution is 6.30. The van der Waals surface area contributed by atoms with E-state index in [4.69, 9.17) is 16.3 Å². The highest BCUT2D eigenvalue weighted by atomic mass is 35.5. The fraction of sp³-hybridized carbons (Fsp3) is 0.333. The lowest BCUT2D eigenvalue weighted by Crippen LogP contribution is -2.25. The molecule has 5 heteroatoms. The molecule has 20 heavy (non-hydrogen) atoms. The molecule has 0 aliphatic rings. The van der Waals surface area contributed by atoms with Crippen molar-refractivity contribution < 1.29 is 9.53 Å².